The molecule has 0 atom stereocenters. The highest BCUT2D eigenvalue weighted by Crippen LogP contribution is 2.26. The minimum absolute atomic E-state index is 0.0360. The van der Waals surface area contributed by atoms with Crippen molar-refractivity contribution in [1.29, 1.82) is 0 Å². The smallest absolute Gasteiger partial charge is 0.414 e. The van der Waals surface area contributed by atoms with E-state index in [-0.39, 0.29) is 18.2 Å². The Morgan fingerprint density at radius 1 is 1.29 bits per heavy atom. The van der Waals surface area contributed by atoms with Crippen LogP contribution in [0.1, 0.15) is 68.3 Å². The molecule has 0 aliphatic heterocycles. The number of rotatable bonds is 5. The van der Waals surface area contributed by atoms with Gasteiger partial charge in [0, 0.05) is 12.2 Å². The zero-order valence-corrected chi connectivity index (χ0v) is 13.8. The second-order valence-electron chi connectivity index (χ2n) is 5.94. The van der Waals surface area contributed by atoms with Gasteiger partial charge >= 0.3 is 11.8 Å². The maximum atomic E-state index is 12.1. The number of carbonyl (C=O) groups is 2. The van der Waals surface area contributed by atoms with Gasteiger partial charge in [-0.3, -0.25) is 24.5 Å². The van der Waals surface area contributed by atoms with Crippen LogP contribution in [0.3, 0.4) is 0 Å². The Bertz CT molecular complexity index is 700. The lowest BCUT2D eigenvalue weighted by Gasteiger charge is -2.23. The molecular formula is C16H23N3O5. The van der Waals surface area contributed by atoms with Crippen molar-refractivity contribution in [2.24, 2.45) is 0 Å². The van der Waals surface area contributed by atoms with E-state index in [1.54, 1.807) is 0 Å². The molecule has 8 nitrogen and oxygen atoms in total. The van der Waals surface area contributed by atoms with E-state index >= 15 is 0 Å². The number of aromatic amines is 1. The number of imide groups is 1. The summed E-state index contributed by atoms with van der Waals surface area (Å²) >= 11 is 0. The lowest BCUT2D eigenvalue weighted by Crippen LogP contribution is -2.40. The molecule has 24 heavy (non-hydrogen) atoms. The zero-order chi connectivity index (χ0) is 17.5. The number of nitrogens with zero attached hydrogens (tertiary/aromatic N) is 1. The lowest BCUT2D eigenvalue weighted by molar-refractivity contribution is 0.0916. The predicted octanol–water partition coefficient (Wildman–Crippen LogP) is 1.71. The van der Waals surface area contributed by atoms with Crippen LogP contribution < -0.4 is 16.6 Å². The summed E-state index contributed by atoms with van der Waals surface area (Å²) < 4.78 is 6.22. The minimum Gasteiger partial charge on any atom is -0.449 e. The van der Waals surface area contributed by atoms with E-state index in [0.717, 1.165) is 38.5 Å². The summed E-state index contributed by atoms with van der Waals surface area (Å²) in [5, 5.41) is 2.01. The second-order valence-corrected chi connectivity index (χ2v) is 5.94. The summed E-state index contributed by atoms with van der Waals surface area (Å²) in [5.41, 5.74) is -1.62. The Kier molecular flexibility index (Phi) is 6.34. The molecule has 2 N–H and O–H groups in total. The molecule has 1 aromatic rings. The van der Waals surface area contributed by atoms with Gasteiger partial charge in [0.1, 0.15) is 5.56 Å². The summed E-state index contributed by atoms with van der Waals surface area (Å²) in [6.07, 6.45) is 6.66. The number of amides is 2. The molecule has 2 amide bonds. The van der Waals surface area contributed by atoms with Gasteiger partial charge in [-0.25, -0.2) is 9.59 Å². The van der Waals surface area contributed by atoms with Crippen molar-refractivity contribution in [3.05, 3.63) is 32.6 Å². The summed E-state index contributed by atoms with van der Waals surface area (Å²) in [6.45, 7) is 2.15. The first-order valence-corrected chi connectivity index (χ1v) is 8.36. The van der Waals surface area contributed by atoms with Gasteiger partial charge in [-0.1, -0.05) is 32.6 Å². The number of aromatic nitrogens is 2. The zero-order valence-electron chi connectivity index (χ0n) is 13.8. The van der Waals surface area contributed by atoms with E-state index in [2.05, 4.69) is 4.98 Å². The van der Waals surface area contributed by atoms with Crippen LogP contribution in [0.2, 0.25) is 0 Å². The number of hydrogen-bond acceptors (Lipinski definition) is 5. The summed E-state index contributed by atoms with van der Waals surface area (Å²) in [7, 11) is 0. The van der Waals surface area contributed by atoms with Crippen LogP contribution >= 0.6 is 0 Å². The van der Waals surface area contributed by atoms with E-state index in [9.17, 15) is 19.2 Å². The van der Waals surface area contributed by atoms with Gasteiger partial charge in [-0.2, -0.15) is 0 Å². The van der Waals surface area contributed by atoms with Crippen molar-refractivity contribution >= 4 is 12.0 Å². The van der Waals surface area contributed by atoms with Gasteiger partial charge in [0.25, 0.3) is 11.5 Å². The molecule has 0 aromatic carbocycles. The van der Waals surface area contributed by atoms with Gasteiger partial charge < -0.3 is 4.74 Å². The number of nitrogens with one attached hydrogen (secondary N) is 2. The average molecular weight is 337 g/mol. The maximum absolute atomic E-state index is 12.1. The van der Waals surface area contributed by atoms with E-state index in [1.807, 2.05) is 12.2 Å². The monoisotopic (exact) mass is 337 g/mol. The molecule has 132 valence electrons. The quantitative estimate of drug-likeness (QED) is 0.795. The van der Waals surface area contributed by atoms with E-state index in [0.29, 0.717) is 6.42 Å². The molecule has 0 spiro atoms. The van der Waals surface area contributed by atoms with Crippen LogP contribution in [0.25, 0.3) is 0 Å². The van der Waals surface area contributed by atoms with Crippen molar-refractivity contribution in [2.45, 2.75) is 57.9 Å². The van der Waals surface area contributed by atoms with Crippen molar-refractivity contribution in [1.82, 2.24) is 14.9 Å². The third-order valence-corrected chi connectivity index (χ3v) is 4.13. The SMILES string of the molecule is CCCCOC(=O)NC(=O)c1cn(C2CCCCC2)c(=O)[nH]c1=O. The fourth-order valence-electron chi connectivity index (χ4n) is 2.78. The Labute approximate surface area is 139 Å². The largest absolute Gasteiger partial charge is 0.449 e. The van der Waals surface area contributed by atoms with Gasteiger partial charge in [0.05, 0.1) is 6.61 Å². The van der Waals surface area contributed by atoms with Crippen LogP contribution in [0.15, 0.2) is 15.8 Å². The van der Waals surface area contributed by atoms with Gasteiger partial charge in [0.2, 0.25) is 0 Å². The molecule has 0 saturated heterocycles. The van der Waals surface area contributed by atoms with Gasteiger partial charge in [-0.15, -0.1) is 0 Å². The topological polar surface area (TPSA) is 110 Å². The summed E-state index contributed by atoms with van der Waals surface area (Å²) in [4.78, 5) is 49.7. The molecule has 8 heteroatoms. The molecule has 0 radical (unpaired) electrons. The molecule has 1 aliphatic rings. The van der Waals surface area contributed by atoms with Gasteiger partial charge in [0.15, 0.2) is 0 Å². The Morgan fingerprint density at radius 2 is 2.00 bits per heavy atom. The van der Waals surface area contributed by atoms with E-state index in [4.69, 9.17) is 4.74 Å². The highest BCUT2D eigenvalue weighted by atomic mass is 16.5. The standard InChI is InChI=1S/C16H23N3O5/c1-2-3-9-24-16(23)18-14(21)12-10-19(15(22)17-13(12)20)11-7-5-4-6-8-11/h10-11H,2-9H2,1H3,(H,17,20,22)(H,18,21,23). The molecule has 1 aromatic heterocycles. The first-order chi connectivity index (χ1) is 11.5. The van der Waals surface area contributed by atoms with Crippen molar-refractivity contribution < 1.29 is 14.3 Å². The highest BCUT2D eigenvalue weighted by Gasteiger charge is 2.21. The van der Waals surface area contributed by atoms with Crippen molar-refractivity contribution in [3.63, 3.8) is 0 Å². The third-order valence-electron chi connectivity index (χ3n) is 4.13. The number of hydrogen-bond donors (Lipinski definition) is 2. The molecule has 0 bridgehead atoms. The average Bonchev–Trinajstić information content (AvgIpc) is 2.55. The van der Waals surface area contributed by atoms with E-state index in [1.165, 1.54) is 10.8 Å². The molecule has 0 unspecified atom stereocenters. The Morgan fingerprint density at radius 3 is 2.67 bits per heavy atom. The number of alkyl carbamates (subject to hydrolysis) is 1. The number of carbonyl (C=O) groups excluding carboxylic acids is 2. The first-order valence-electron chi connectivity index (χ1n) is 8.36. The normalized spacial score (nSPS) is 15.0. The Balaban J connectivity index is 2.14. The van der Waals surface area contributed by atoms with E-state index < -0.39 is 23.2 Å². The number of ether oxygens (including phenoxy) is 1. The summed E-state index contributed by atoms with van der Waals surface area (Å²) in [5.74, 6) is -0.873. The molecule has 1 heterocycles. The maximum Gasteiger partial charge on any atom is 0.414 e. The van der Waals surface area contributed by atoms with Crippen LogP contribution in [0, 0.1) is 0 Å². The lowest BCUT2D eigenvalue weighted by atomic mass is 9.95. The number of H-pyrrole nitrogens is 1. The summed E-state index contributed by atoms with van der Waals surface area (Å²) in [6, 6.07) is -0.0360. The van der Waals surface area contributed by atoms with Crippen LogP contribution in [-0.4, -0.2) is 28.2 Å². The third kappa shape index (κ3) is 4.56. The minimum atomic E-state index is -0.900. The van der Waals surface area contributed by atoms with Crippen LogP contribution in [-0.2, 0) is 4.74 Å². The van der Waals surface area contributed by atoms with Crippen LogP contribution in [0.5, 0.6) is 0 Å². The van der Waals surface area contributed by atoms with Crippen molar-refractivity contribution in [2.75, 3.05) is 6.61 Å². The first kappa shape index (κ1) is 18.0. The second kappa shape index (κ2) is 8.47. The fourth-order valence-corrected chi connectivity index (χ4v) is 2.78. The Hall–Kier alpha value is -2.38. The molecular weight excluding hydrogens is 314 g/mol. The molecule has 1 aliphatic carbocycles. The molecule has 1 saturated carbocycles. The predicted molar refractivity (Wildman–Crippen MR) is 87.2 cm³/mol. The van der Waals surface area contributed by atoms with Gasteiger partial charge in [-0.05, 0) is 19.3 Å². The van der Waals surface area contributed by atoms with Crippen molar-refractivity contribution in [3.8, 4) is 0 Å². The molecule has 1 fully saturated rings. The molecule has 2 rings (SSSR count). The fraction of sp³-hybridized carbons (Fsp3) is 0.625. The highest BCUT2D eigenvalue weighted by molar-refractivity contribution is 6.02. The van der Waals surface area contributed by atoms with Crippen LogP contribution in [0.4, 0.5) is 4.79 Å². The number of unbranched alkanes of at least 4 members (excludes halogenated alkanes) is 1.